The molecule has 168 valence electrons. The van der Waals surface area contributed by atoms with Gasteiger partial charge in [-0.15, -0.1) is 0 Å². The van der Waals surface area contributed by atoms with Gasteiger partial charge in [-0.25, -0.2) is 0 Å². The van der Waals surface area contributed by atoms with E-state index >= 15 is 0 Å². The van der Waals surface area contributed by atoms with Gasteiger partial charge in [0.2, 0.25) is 0 Å². The van der Waals surface area contributed by atoms with E-state index in [4.69, 9.17) is 4.74 Å². The van der Waals surface area contributed by atoms with Crippen LogP contribution in [-0.4, -0.2) is 59.0 Å². The van der Waals surface area contributed by atoms with Gasteiger partial charge in [-0.2, -0.15) is 5.10 Å². The van der Waals surface area contributed by atoms with Crippen LogP contribution in [-0.2, 0) is 9.53 Å². The average molecular weight is 417 g/mol. The summed E-state index contributed by atoms with van der Waals surface area (Å²) in [4.78, 5) is 15.7. The van der Waals surface area contributed by atoms with Gasteiger partial charge in [0.05, 0.1) is 12.0 Å². The summed E-state index contributed by atoms with van der Waals surface area (Å²) in [5, 5.41) is 7.97. The fourth-order valence-corrected chi connectivity index (χ4v) is 5.92. The smallest absolute Gasteiger partial charge is 0.309 e. The molecule has 3 heterocycles. The number of nitrogens with one attached hydrogen (secondary N) is 1. The molecule has 1 N–H and O–H groups in total. The second kappa shape index (κ2) is 9.82. The van der Waals surface area contributed by atoms with Crippen molar-refractivity contribution in [2.45, 2.75) is 89.8 Å². The lowest BCUT2D eigenvalue weighted by Crippen LogP contribution is -2.66. The Bertz CT molecular complexity index is 663. The topological polar surface area (TPSA) is 59.4 Å². The highest BCUT2D eigenvalue weighted by Crippen LogP contribution is 2.51. The number of esters is 1. The summed E-state index contributed by atoms with van der Waals surface area (Å²) in [6, 6.07) is 2.90. The van der Waals surface area contributed by atoms with Crippen molar-refractivity contribution in [1.29, 1.82) is 0 Å². The lowest BCUT2D eigenvalue weighted by molar-refractivity contribution is -0.191. The molecular formula is C24H40N4O2. The minimum Gasteiger partial charge on any atom is -0.460 e. The summed E-state index contributed by atoms with van der Waals surface area (Å²) >= 11 is 0. The Labute approximate surface area is 181 Å². The van der Waals surface area contributed by atoms with E-state index in [1.165, 1.54) is 12.8 Å². The minimum absolute atomic E-state index is 0.0565. The van der Waals surface area contributed by atoms with E-state index in [-0.39, 0.29) is 23.4 Å². The van der Waals surface area contributed by atoms with Crippen molar-refractivity contribution in [1.82, 2.24) is 20.0 Å². The van der Waals surface area contributed by atoms with Gasteiger partial charge in [-0.3, -0.25) is 14.4 Å². The predicted octanol–water partition coefficient (Wildman–Crippen LogP) is 3.79. The Morgan fingerprint density at radius 2 is 2.13 bits per heavy atom. The van der Waals surface area contributed by atoms with Gasteiger partial charge >= 0.3 is 5.97 Å². The lowest BCUT2D eigenvalue weighted by Gasteiger charge is -2.56. The SMILES string of the molecule is CCCCCC(CC)C(=O)OC1C(N2CCC(n3cccn3)CC2)CC12CCNC2. The first-order valence-electron chi connectivity index (χ1n) is 12.3. The van der Waals surface area contributed by atoms with Crippen LogP contribution in [0.2, 0.25) is 0 Å². The fourth-order valence-electron chi connectivity index (χ4n) is 5.92. The highest BCUT2D eigenvalue weighted by molar-refractivity contribution is 5.72. The van der Waals surface area contributed by atoms with Gasteiger partial charge < -0.3 is 10.1 Å². The summed E-state index contributed by atoms with van der Waals surface area (Å²) in [6.45, 7) is 8.53. The van der Waals surface area contributed by atoms with Crippen LogP contribution in [0, 0.1) is 11.3 Å². The van der Waals surface area contributed by atoms with Gasteiger partial charge in [0.1, 0.15) is 6.10 Å². The monoisotopic (exact) mass is 416 g/mol. The quantitative estimate of drug-likeness (QED) is 0.490. The van der Waals surface area contributed by atoms with E-state index in [0.717, 1.165) is 71.1 Å². The van der Waals surface area contributed by atoms with Crippen LogP contribution in [0.4, 0.5) is 0 Å². The maximum absolute atomic E-state index is 13.1. The largest absolute Gasteiger partial charge is 0.460 e. The summed E-state index contributed by atoms with van der Waals surface area (Å²) in [5.41, 5.74) is 0.168. The van der Waals surface area contributed by atoms with Crippen molar-refractivity contribution in [3.63, 3.8) is 0 Å². The van der Waals surface area contributed by atoms with Crippen LogP contribution in [0.25, 0.3) is 0 Å². The van der Waals surface area contributed by atoms with Crippen molar-refractivity contribution in [3.8, 4) is 0 Å². The summed E-state index contributed by atoms with van der Waals surface area (Å²) in [7, 11) is 0. The molecule has 1 aromatic heterocycles. The number of carbonyl (C=O) groups excluding carboxylic acids is 1. The number of carbonyl (C=O) groups is 1. The molecule has 4 rings (SSSR count). The first-order chi connectivity index (χ1) is 14.7. The molecule has 6 nitrogen and oxygen atoms in total. The van der Waals surface area contributed by atoms with Crippen molar-refractivity contribution >= 4 is 5.97 Å². The number of rotatable bonds is 9. The van der Waals surface area contributed by atoms with E-state index in [1.807, 2.05) is 12.3 Å². The molecule has 1 aromatic rings. The molecule has 6 heteroatoms. The van der Waals surface area contributed by atoms with E-state index in [2.05, 4.69) is 40.0 Å². The third-order valence-corrected chi connectivity index (χ3v) is 7.94. The Morgan fingerprint density at radius 1 is 1.30 bits per heavy atom. The molecule has 0 bridgehead atoms. The highest BCUT2D eigenvalue weighted by Gasteiger charge is 2.59. The molecule has 1 aliphatic carbocycles. The number of hydrogen-bond donors (Lipinski definition) is 1. The Hall–Kier alpha value is -1.40. The molecule has 4 unspecified atom stereocenters. The molecule has 2 saturated heterocycles. The van der Waals surface area contributed by atoms with Gasteiger partial charge in [-0.05, 0) is 51.1 Å². The Balaban J connectivity index is 1.37. The zero-order valence-corrected chi connectivity index (χ0v) is 18.9. The second-order valence-electron chi connectivity index (χ2n) is 9.77. The predicted molar refractivity (Wildman–Crippen MR) is 118 cm³/mol. The number of likely N-dealkylation sites (tertiary alicyclic amines) is 1. The van der Waals surface area contributed by atoms with Crippen molar-refractivity contribution in [2.75, 3.05) is 26.2 Å². The van der Waals surface area contributed by atoms with Crippen LogP contribution < -0.4 is 5.32 Å². The highest BCUT2D eigenvalue weighted by atomic mass is 16.5. The minimum atomic E-state index is 0.0565. The summed E-state index contributed by atoms with van der Waals surface area (Å²) < 4.78 is 8.45. The van der Waals surface area contributed by atoms with E-state index in [9.17, 15) is 4.79 Å². The van der Waals surface area contributed by atoms with E-state index < -0.39 is 0 Å². The van der Waals surface area contributed by atoms with E-state index in [0.29, 0.717) is 12.1 Å². The number of hydrogen-bond acceptors (Lipinski definition) is 5. The van der Waals surface area contributed by atoms with Gasteiger partial charge in [0, 0.05) is 43.5 Å². The standard InChI is InChI=1S/C24H40N4O2/c1-3-5-6-8-19(4-2)23(29)30-22-21(17-24(22)11-13-25-18-24)27-15-9-20(10-16-27)28-14-7-12-26-28/h7,12,14,19-22,25H,3-6,8-11,13,15-18H2,1-2H3. The normalized spacial score (nSPS) is 31.0. The molecule has 30 heavy (non-hydrogen) atoms. The van der Waals surface area contributed by atoms with Gasteiger partial charge in [0.25, 0.3) is 0 Å². The third kappa shape index (κ3) is 4.45. The number of unbranched alkanes of at least 4 members (excludes halogenated alkanes) is 2. The van der Waals surface area contributed by atoms with Crippen LogP contribution in [0.3, 0.4) is 0 Å². The van der Waals surface area contributed by atoms with Gasteiger partial charge in [0.15, 0.2) is 0 Å². The first kappa shape index (κ1) is 21.8. The second-order valence-corrected chi connectivity index (χ2v) is 9.77. The Kier molecular flexibility index (Phi) is 7.14. The van der Waals surface area contributed by atoms with E-state index in [1.54, 1.807) is 0 Å². The molecule has 1 spiro atoms. The zero-order valence-electron chi connectivity index (χ0n) is 18.9. The maximum atomic E-state index is 13.1. The molecule has 1 saturated carbocycles. The molecule has 0 radical (unpaired) electrons. The molecule has 0 amide bonds. The molecule has 2 aliphatic heterocycles. The van der Waals surface area contributed by atoms with Crippen LogP contribution in [0.15, 0.2) is 18.5 Å². The molecule has 4 atom stereocenters. The van der Waals surface area contributed by atoms with Crippen molar-refractivity contribution in [2.24, 2.45) is 11.3 Å². The molecular weight excluding hydrogens is 376 g/mol. The van der Waals surface area contributed by atoms with Crippen LogP contribution in [0.1, 0.15) is 77.7 Å². The summed E-state index contributed by atoms with van der Waals surface area (Å²) in [6.07, 6.45) is 13.9. The molecule has 3 aliphatic rings. The van der Waals surface area contributed by atoms with Crippen LogP contribution >= 0.6 is 0 Å². The maximum Gasteiger partial charge on any atom is 0.309 e. The number of aromatic nitrogens is 2. The number of ether oxygens (including phenoxy) is 1. The third-order valence-electron chi connectivity index (χ3n) is 7.94. The average Bonchev–Trinajstić information content (AvgIpc) is 3.47. The zero-order chi connectivity index (χ0) is 21.0. The number of nitrogens with zero attached hydrogens (tertiary/aromatic N) is 3. The van der Waals surface area contributed by atoms with Crippen LogP contribution in [0.5, 0.6) is 0 Å². The Morgan fingerprint density at radius 3 is 2.77 bits per heavy atom. The number of piperidine rings is 1. The first-order valence-corrected chi connectivity index (χ1v) is 12.3. The molecule has 3 fully saturated rings. The fraction of sp³-hybridized carbons (Fsp3) is 0.833. The lowest BCUT2D eigenvalue weighted by atomic mass is 9.61. The summed E-state index contributed by atoms with van der Waals surface area (Å²) in [5.74, 6) is 0.121. The van der Waals surface area contributed by atoms with Crippen molar-refractivity contribution in [3.05, 3.63) is 18.5 Å². The van der Waals surface area contributed by atoms with Gasteiger partial charge in [-0.1, -0.05) is 33.1 Å². The molecule has 0 aromatic carbocycles. The van der Waals surface area contributed by atoms with Crippen molar-refractivity contribution < 1.29 is 9.53 Å².